The number of aromatic amines is 1. The van der Waals surface area contributed by atoms with Gasteiger partial charge in [-0.25, -0.2) is 19.9 Å². The second-order valence-corrected chi connectivity index (χ2v) is 59.0. The quantitative estimate of drug-likeness (QED) is 0.0478. The highest BCUT2D eigenvalue weighted by Gasteiger charge is 2.35. The molecule has 10 heterocycles. The van der Waals surface area contributed by atoms with E-state index < -0.39 is 32.3 Å². The van der Waals surface area contributed by atoms with Crippen LogP contribution in [0.15, 0.2) is 140 Å². The Morgan fingerprint density at radius 2 is 0.900 bits per heavy atom. The summed E-state index contributed by atoms with van der Waals surface area (Å²) >= 11 is 29.6. The van der Waals surface area contributed by atoms with Gasteiger partial charge < -0.3 is 42.4 Å². The zero-order valence-electron chi connectivity index (χ0n) is 60.0. The van der Waals surface area contributed by atoms with Gasteiger partial charge >= 0.3 is 0 Å². The molecule has 13 nitrogen and oxygen atoms in total. The molecule has 3 aromatic carbocycles. The van der Waals surface area contributed by atoms with E-state index in [1.165, 1.54) is 45.5 Å². The Hall–Kier alpha value is -4.00. The summed E-state index contributed by atoms with van der Waals surface area (Å²) in [6.45, 7) is 38.7. The minimum atomic E-state index is -1.39. The Balaban J connectivity index is 0.000000148. The van der Waals surface area contributed by atoms with Crippen molar-refractivity contribution in [3.8, 4) is 44.9 Å². The molecule has 8 aromatic heterocycles. The van der Waals surface area contributed by atoms with E-state index in [1.807, 2.05) is 23.2 Å². The van der Waals surface area contributed by atoms with Gasteiger partial charge in [0.05, 0.1) is 65.4 Å². The summed E-state index contributed by atoms with van der Waals surface area (Å²) in [5.41, 5.74) is 14.7. The maximum absolute atomic E-state index is 6.85. The van der Waals surface area contributed by atoms with Crippen molar-refractivity contribution in [1.29, 1.82) is 0 Å². The number of hydrogen-bond acceptors (Lipinski definition) is 9. The van der Waals surface area contributed by atoms with Crippen LogP contribution in [-0.4, -0.2) is 104 Å². The number of pyridine rings is 4. The molecule has 24 heteroatoms. The van der Waals surface area contributed by atoms with Gasteiger partial charge in [0.1, 0.15) is 54.3 Å². The Bertz CT molecular complexity index is 4690. The number of aromatic nitrogens is 8. The number of aryl methyl sites for hydroxylation is 1. The number of fused-ring (bicyclic) bond motifs is 6. The van der Waals surface area contributed by atoms with Crippen LogP contribution < -0.4 is 9.47 Å². The lowest BCUT2D eigenvalue weighted by molar-refractivity contribution is 0.0897. The molecule has 0 bridgehead atoms. The standard InChI is InChI=1S/C27H40BrClN2OSi2.C21H25BrN2O2Si.C15H11BrN2O.C13H17BrClIN2OSi/c1-27(2,3)34(7,8)15-13-20-11-9-10-12-21(20)22-18-31(19-32-14-16-33(4,5)6)26-24(22)25(29)23(28)17-30-26;1-27(2,3)11-10-25-14-24-13-17-16-7-5-4-6-15(16)8-9-26-20-18(22)12-23-21(24)19(17)20;16-12-8-18-15-13-11(7-17-15)10-4-2-1-3-9(10)5-6-19-14(12)13;1-20(2,3)5-4-19-8-18-7-10(16)11-12(15)9(14)6-17-13(11)18/h9-12,17-18H,13-16,19H2,1-8H3;4-7,12-13H,8-11,14H2,1-3H3;1-4,7-8H,5-6H2,(H,17,18);6-7H,4-5,8H2,1-3H3. The Morgan fingerprint density at radius 3 is 1.41 bits per heavy atom. The molecule has 0 aliphatic carbocycles. The fraction of sp³-hybridized carbons (Fsp3) is 0.395. The second-order valence-electron chi connectivity index (χ2n) is 31.1. The molecule has 0 radical (unpaired) electrons. The van der Waals surface area contributed by atoms with Crippen LogP contribution in [-0.2, 0) is 53.7 Å². The lowest BCUT2D eigenvalue weighted by atomic mass is 9.97. The number of hydrogen-bond donors (Lipinski definition) is 1. The molecule has 0 saturated carbocycles. The molecule has 13 rings (SSSR count). The van der Waals surface area contributed by atoms with Gasteiger partial charge in [-0.1, -0.05) is 195 Å². The molecule has 0 saturated heterocycles. The monoisotopic (exact) mass is 1820 g/mol. The number of rotatable bonds is 19. The lowest BCUT2D eigenvalue weighted by Gasteiger charge is -2.37. The lowest BCUT2D eigenvalue weighted by Crippen LogP contribution is -2.37. The number of benzene rings is 3. The fourth-order valence-electron chi connectivity index (χ4n) is 11.8. The van der Waals surface area contributed by atoms with Crippen LogP contribution >= 0.6 is 110 Å². The highest BCUT2D eigenvalue weighted by Crippen LogP contribution is 2.46. The molecular formula is C76H93Br4Cl2IN8O5Si4. The summed E-state index contributed by atoms with van der Waals surface area (Å²) in [4.78, 5) is 21.5. The van der Waals surface area contributed by atoms with E-state index in [0.29, 0.717) is 48.5 Å². The van der Waals surface area contributed by atoms with Crippen LogP contribution in [0, 0.1) is 3.57 Å². The van der Waals surface area contributed by atoms with Crippen molar-refractivity contribution in [1.82, 2.24) is 38.6 Å². The van der Waals surface area contributed by atoms with Crippen LogP contribution in [0.2, 0.25) is 111 Å². The highest BCUT2D eigenvalue weighted by molar-refractivity contribution is 14.1. The molecule has 100 heavy (non-hydrogen) atoms. The van der Waals surface area contributed by atoms with Crippen LogP contribution in [0.5, 0.6) is 11.5 Å². The van der Waals surface area contributed by atoms with E-state index in [0.717, 1.165) is 145 Å². The number of ether oxygens (including phenoxy) is 5. The first kappa shape index (κ1) is 78.6. The Kier molecular flexibility index (Phi) is 26.4. The second kappa shape index (κ2) is 33.6. The molecule has 1 N–H and O–H groups in total. The number of halogens is 7. The van der Waals surface area contributed by atoms with E-state index in [-0.39, 0.29) is 0 Å². The van der Waals surface area contributed by atoms with Crippen LogP contribution in [0.3, 0.4) is 0 Å². The van der Waals surface area contributed by atoms with E-state index in [2.05, 4.69) is 293 Å². The van der Waals surface area contributed by atoms with Gasteiger partial charge in [-0.3, -0.25) is 0 Å². The molecule has 532 valence electrons. The van der Waals surface area contributed by atoms with Crippen molar-refractivity contribution < 1.29 is 23.7 Å². The highest BCUT2D eigenvalue weighted by atomic mass is 127. The summed E-state index contributed by atoms with van der Waals surface area (Å²) < 4.78 is 40.7. The number of H-pyrrole nitrogens is 1. The van der Waals surface area contributed by atoms with E-state index in [4.69, 9.17) is 51.9 Å². The molecule has 0 spiro atoms. The predicted molar refractivity (Wildman–Crippen MR) is 452 cm³/mol. The van der Waals surface area contributed by atoms with E-state index in [9.17, 15) is 0 Å². The Labute approximate surface area is 651 Å². The van der Waals surface area contributed by atoms with Gasteiger partial charge in [0.25, 0.3) is 0 Å². The summed E-state index contributed by atoms with van der Waals surface area (Å²) in [6, 6.07) is 30.5. The average Bonchev–Trinajstić information content (AvgIpc) is 1.61. The molecule has 0 unspecified atom stereocenters. The van der Waals surface area contributed by atoms with Gasteiger partial charge in [0, 0.05) is 132 Å². The van der Waals surface area contributed by atoms with Gasteiger partial charge in [0.2, 0.25) is 0 Å². The normalized spacial score (nSPS) is 13.2. The Morgan fingerprint density at radius 1 is 0.490 bits per heavy atom. The average molecular weight is 1830 g/mol. The molecule has 0 atom stereocenters. The molecular weight excluding hydrogens is 1730 g/mol. The van der Waals surface area contributed by atoms with Crippen molar-refractivity contribution in [3.63, 3.8) is 0 Å². The molecule has 0 amide bonds. The zero-order valence-corrected chi connectivity index (χ0v) is 74.0. The third-order valence-electron chi connectivity index (χ3n) is 18.8. The summed E-state index contributed by atoms with van der Waals surface area (Å²) in [5, 5.41) is 5.88. The smallest absolute Gasteiger partial charge is 0.146 e. The van der Waals surface area contributed by atoms with Crippen LogP contribution in [0.25, 0.3) is 77.5 Å². The maximum atomic E-state index is 6.85. The SMILES string of the molecule is Brc1cnc2[nH]cc3c2c1OCCc1ccccc1-3.CC(C)(C)[Si](C)(C)CCc1ccccc1-c1cn(COCC[Si](C)(C)C)c2ncc(Br)c(Cl)c12.C[Si](C)(C)CCOCn1cc(I)c2c(Cl)c(Br)cnc21.C[Si](C)(C)CCOCn1cc2c3c(c(Br)cnc31)OCCc1ccccc1-2. The van der Waals surface area contributed by atoms with Crippen molar-refractivity contribution in [2.24, 2.45) is 0 Å². The number of nitrogens with one attached hydrogen (secondary N) is 1. The van der Waals surface area contributed by atoms with Crippen LogP contribution in [0.4, 0.5) is 0 Å². The van der Waals surface area contributed by atoms with E-state index in [1.54, 1.807) is 18.6 Å². The van der Waals surface area contributed by atoms with E-state index >= 15 is 0 Å². The summed E-state index contributed by atoms with van der Waals surface area (Å²) in [5.74, 6) is 1.76. The number of nitrogens with zero attached hydrogens (tertiary/aromatic N) is 7. The summed E-state index contributed by atoms with van der Waals surface area (Å²) in [6.07, 6.45) is 18.4. The van der Waals surface area contributed by atoms with Gasteiger partial charge in [-0.2, -0.15) is 0 Å². The van der Waals surface area contributed by atoms with Crippen molar-refractivity contribution >= 4 is 186 Å². The molecule has 2 aliphatic rings. The third-order valence-corrected chi connectivity index (χ3v) is 33.9. The van der Waals surface area contributed by atoms with Gasteiger partial charge in [-0.05, 0) is 149 Å². The molecule has 2 aliphatic heterocycles. The molecule has 11 aromatic rings. The maximum Gasteiger partial charge on any atom is 0.146 e. The van der Waals surface area contributed by atoms with Crippen molar-refractivity contribution in [2.75, 3.05) is 33.0 Å². The zero-order chi connectivity index (χ0) is 72.1. The topological polar surface area (TPSA) is 128 Å². The van der Waals surface area contributed by atoms with Gasteiger partial charge in [-0.15, -0.1) is 0 Å². The van der Waals surface area contributed by atoms with Gasteiger partial charge in [0.15, 0.2) is 0 Å². The van der Waals surface area contributed by atoms with Crippen molar-refractivity contribution in [2.45, 2.75) is 161 Å². The minimum absolute atomic E-state index is 0.378. The largest absolute Gasteiger partial charge is 0.491 e. The first-order valence-corrected chi connectivity index (χ1v) is 53.5. The first-order chi connectivity index (χ1) is 47.3. The summed E-state index contributed by atoms with van der Waals surface area (Å²) in [7, 11) is -4.65. The van der Waals surface area contributed by atoms with Crippen LogP contribution in [0.1, 0.15) is 37.5 Å². The first-order valence-electron chi connectivity index (χ1n) is 34.2. The predicted octanol–water partition coefficient (Wildman–Crippen LogP) is 24.5. The fourth-order valence-corrected chi connectivity index (χ4v) is 18.6. The third kappa shape index (κ3) is 19.3. The molecule has 0 fully saturated rings. The minimum Gasteiger partial charge on any atom is -0.491 e. The van der Waals surface area contributed by atoms with Crippen molar-refractivity contribution in [3.05, 3.63) is 171 Å².